The third-order valence-electron chi connectivity index (χ3n) is 6.32. The summed E-state index contributed by atoms with van der Waals surface area (Å²) in [6, 6.07) is 15.8. The molecule has 154 valence electrons. The van der Waals surface area contributed by atoms with Crippen molar-refractivity contribution in [2.45, 2.75) is 39.3 Å². The van der Waals surface area contributed by atoms with Gasteiger partial charge in [-0.2, -0.15) is 0 Å². The van der Waals surface area contributed by atoms with E-state index in [1.54, 1.807) is 4.90 Å². The Kier molecular flexibility index (Phi) is 4.42. The molecule has 2 aliphatic rings. The Bertz CT molecular complexity index is 1130. The topological polar surface area (TPSA) is 56.4 Å². The predicted molar refractivity (Wildman–Crippen MR) is 117 cm³/mol. The van der Waals surface area contributed by atoms with Gasteiger partial charge >= 0.3 is 0 Å². The number of nitrogens with zero attached hydrogens (tertiary/aromatic N) is 2. The molecule has 3 heterocycles. The van der Waals surface area contributed by atoms with Crippen molar-refractivity contribution in [1.29, 1.82) is 0 Å². The van der Waals surface area contributed by atoms with Gasteiger partial charge in [0.1, 0.15) is 6.04 Å². The van der Waals surface area contributed by atoms with Crippen molar-refractivity contribution in [2.75, 3.05) is 13.1 Å². The van der Waals surface area contributed by atoms with E-state index in [0.717, 1.165) is 27.7 Å². The molecule has 5 rings (SSSR count). The molecule has 5 nitrogen and oxygen atoms in total. The molecule has 0 radical (unpaired) electrons. The monoisotopic (exact) mass is 401 g/mol. The minimum atomic E-state index is -0.456. The zero-order valence-corrected chi connectivity index (χ0v) is 17.7. The van der Waals surface area contributed by atoms with Crippen LogP contribution in [0.3, 0.4) is 0 Å². The standard InChI is InChI=1S/C25H27N3O2/c1-15(2)13-27-14-22(29)28-21(25(27)30)12-19-18-6-4-5-7-20(18)26-23(19)24(28)17-10-8-16(3)9-11-17/h4-11,15,21,24,26H,12-14H2,1-3H3/t21-,24?/m0/s1. The second-order valence-electron chi connectivity index (χ2n) is 9.01. The van der Waals surface area contributed by atoms with Crippen LogP contribution in [-0.4, -0.2) is 45.7 Å². The molecular formula is C25H27N3O2. The predicted octanol–water partition coefficient (Wildman–Crippen LogP) is 3.82. The van der Waals surface area contributed by atoms with Gasteiger partial charge in [-0.15, -0.1) is 0 Å². The van der Waals surface area contributed by atoms with Crippen molar-refractivity contribution in [3.8, 4) is 0 Å². The van der Waals surface area contributed by atoms with E-state index in [2.05, 4.69) is 62.2 Å². The largest absolute Gasteiger partial charge is 0.356 e. The summed E-state index contributed by atoms with van der Waals surface area (Å²) in [4.78, 5) is 34.0. The molecule has 1 fully saturated rings. The van der Waals surface area contributed by atoms with Gasteiger partial charge in [-0.3, -0.25) is 9.59 Å². The van der Waals surface area contributed by atoms with E-state index in [4.69, 9.17) is 0 Å². The van der Waals surface area contributed by atoms with Crippen molar-refractivity contribution in [3.63, 3.8) is 0 Å². The minimum absolute atomic E-state index is 0.0233. The van der Waals surface area contributed by atoms with Crippen LogP contribution in [0.4, 0.5) is 0 Å². The van der Waals surface area contributed by atoms with E-state index in [9.17, 15) is 9.59 Å². The van der Waals surface area contributed by atoms with Crippen molar-refractivity contribution in [2.24, 2.45) is 5.92 Å². The lowest BCUT2D eigenvalue weighted by atomic mass is 9.86. The first-order chi connectivity index (χ1) is 14.4. The van der Waals surface area contributed by atoms with Crippen molar-refractivity contribution >= 4 is 22.7 Å². The van der Waals surface area contributed by atoms with E-state index < -0.39 is 6.04 Å². The van der Waals surface area contributed by atoms with Gasteiger partial charge < -0.3 is 14.8 Å². The summed E-state index contributed by atoms with van der Waals surface area (Å²) in [7, 11) is 0. The number of amides is 2. The first kappa shape index (κ1) is 18.9. The number of nitrogens with one attached hydrogen (secondary N) is 1. The Morgan fingerprint density at radius 1 is 1.07 bits per heavy atom. The second kappa shape index (κ2) is 7.01. The number of para-hydroxylation sites is 1. The lowest BCUT2D eigenvalue weighted by molar-refractivity contribution is -0.159. The lowest BCUT2D eigenvalue weighted by Crippen LogP contribution is -2.63. The number of rotatable bonds is 3. The average Bonchev–Trinajstić information content (AvgIpc) is 3.09. The molecule has 2 atom stereocenters. The summed E-state index contributed by atoms with van der Waals surface area (Å²) >= 11 is 0. The number of benzene rings is 2. The third kappa shape index (κ3) is 2.92. The molecule has 2 aromatic carbocycles. The summed E-state index contributed by atoms with van der Waals surface area (Å²) in [6.45, 7) is 6.99. The SMILES string of the molecule is Cc1ccc(C2c3[nH]c4ccccc4c3C[C@H]3C(=O)N(CC(C)C)CC(=O)N23)cc1. The first-order valence-corrected chi connectivity index (χ1v) is 10.7. The van der Waals surface area contributed by atoms with Crippen LogP contribution in [0, 0.1) is 12.8 Å². The molecule has 30 heavy (non-hydrogen) atoms. The van der Waals surface area contributed by atoms with Gasteiger partial charge in [0.25, 0.3) is 0 Å². The molecular weight excluding hydrogens is 374 g/mol. The number of carbonyl (C=O) groups is 2. The fraction of sp³-hybridized carbons (Fsp3) is 0.360. The van der Waals surface area contributed by atoms with Crippen molar-refractivity contribution < 1.29 is 9.59 Å². The molecule has 1 saturated heterocycles. The normalized spacial score (nSPS) is 21.3. The fourth-order valence-electron chi connectivity index (χ4n) is 5.01. The van der Waals surface area contributed by atoms with Crippen LogP contribution in [0.15, 0.2) is 48.5 Å². The number of piperazine rings is 1. The highest BCUT2D eigenvalue weighted by molar-refractivity contribution is 5.97. The number of aromatic nitrogens is 1. The van der Waals surface area contributed by atoms with E-state index in [-0.39, 0.29) is 24.4 Å². The number of aryl methyl sites for hydroxylation is 1. The highest BCUT2D eigenvalue weighted by atomic mass is 16.2. The molecule has 1 unspecified atom stereocenters. The molecule has 0 spiro atoms. The maximum atomic E-state index is 13.5. The fourth-order valence-corrected chi connectivity index (χ4v) is 5.01. The average molecular weight is 402 g/mol. The number of hydrogen-bond acceptors (Lipinski definition) is 2. The molecule has 1 aromatic heterocycles. The molecule has 3 aromatic rings. The highest BCUT2D eigenvalue weighted by Gasteiger charge is 2.48. The molecule has 1 N–H and O–H groups in total. The third-order valence-corrected chi connectivity index (χ3v) is 6.32. The van der Waals surface area contributed by atoms with Gasteiger partial charge in [0, 0.05) is 29.6 Å². The molecule has 2 aliphatic heterocycles. The summed E-state index contributed by atoms with van der Waals surface area (Å²) in [5.41, 5.74) is 5.46. The van der Waals surface area contributed by atoms with Gasteiger partial charge in [0.15, 0.2) is 0 Å². The number of hydrogen-bond donors (Lipinski definition) is 1. The van der Waals surface area contributed by atoms with Crippen LogP contribution in [0.5, 0.6) is 0 Å². The van der Waals surface area contributed by atoms with Crippen molar-refractivity contribution in [1.82, 2.24) is 14.8 Å². The van der Waals surface area contributed by atoms with Gasteiger partial charge in [0.05, 0.1) is 12.6 Å². The summed E-state index contributed by atoms with van der Waals surface area (Å²) in [5.74, 6) is 0.417. The van der Waals surface area contributed by atoms with Gasteiger partial charge in [-0.25, -0.2) is 0 Å². The highest BCUT2D eigenvalue weighted by Crippen LogP contribution is 2.42. The Hall–Kier alpha value is -3.08. The van der Waals surface area contributed by atoms with Crippen LogP contribution < -0.4 is 0 Å². The van der Waals surface area contributed by atoms with E-state index in [1.807, 2.05) is 17.0 Å². The lowest BCUT2D eigenvalue weighted by Gasteiger charge is -2.47. The van der Waals surface area contributed by atoms with Crippen LogP contribution in [0.2, 0.25) is 0 Å². The second-order valence-corrected chi connectivity index (χ2v) is 9.01. The van der Waals surface area contributed by atoms with Gasteiger partial charge in [0.2, 0.25) is 11.8 Å². The molecule has 0 aliphatic carbocycles. The number of fused-ring (bicyclic) bond motifs is 4. The Morgan fingerprint density at radius 3 is 2.53 bits per heavy atom. The minimum Gasteiger partial charge on any atom is -0.356 e. The van der Waals surface area contributed by atoms with E-state index >= 15 is 0 Å². The maximum absolute atomic E-state index is 13.5. The zero-order valence-electron chi connectivity index (χ0n) is 17.7. The molecule has 0 bridgehead atoms. The maximum Gasteiger partial charge on any atom is 0.246 e. The van der Waals surface area contributed by atoms with Crippen LogP contribution in [0.1, 0.15) is 42.3 Å². The molecule has 2 amide bonds. The van der Waals surface area contributed by atoms with Gasteiger partial charge in [-0.1, -0.05) is 61.9 Å². The van der Waals surface area contributed by atoms with Crippen molar-refractivity contribution in [3.05, 3.63) is 70.9 Å². The smallest absolute Gasteiger partial charge is 0.246 e. The van der Waals surface area contributed by atoms with E-state index in [1.165, 1.54) is 5.56 Å². The Morgan fingerprint density at radius 2 is 1.80 bits per heavy atom. The zero-order chi connectivity index (χ0) is 21.0. The summed E-state index contributed by atoms with van der Waals surface area (Å²) < 4.78 is 0. The van der Waals surface area contributed by atoms with Crippen LogP contribution in [0.25, 0.3) is 10.9 Å². The van der Waals surface area contributed by atoms with Crippen LogP contribution in [-0.2, 0) is 16.0 Å². The Balaban J connectivity index is 1.68. The number of carbonyl (C=O) groups excluding carboxylic acids is 2. The number of aromatic amines is 1. The number of H-pyrrole nitrogens is 1. The van der Waals surface area contributed by atoms with Crippen LogP contribution >= 0.6 is 0 Å². The summed E-state index contributed by atoms with van der Waals surface area (Å²) in [5, 5.41) is 1.14. The Labute approximate surface area is 176 Å². The molecule has 5 heteroatoms. The quantitative estimate of drug-likeness (QED) is 0.725. The first-order valence-electron chi connectivity index (χ1n) is 10.7. The van der Waals surface area contributed by atoms with Gasteiger partial charge in [-0.05, 0) is 30.0 Å². The summed E-state index contributed by atoms with van der Waals surface area (Å²) in [6.07, 6.45) is 0.556. The molecule has 0 saturated carbocycles. The van der Waals surface area contributed by atoms with E-state index in [0.29, 0.717) is 18.9 Å².